The van der Waals surface area contributed by atoms with Gasteiger partial charge in [0, 0.05) is 19.1 Å². The molecule has 0 amide bonds. The van der Waals surface area contributed by atoms with Crippen LogP contribution in [0.3, 0.4) is 0 Å². The van der Waals surface area contributed by atoms with E-state index in [4.69, 9.17) is 0 Å². The van der Waals surface area contributed by atoms with Gasteiger partial charge in [-0.15, -0.1) is 0 Å². The summed E-state index contributed by atoms with van der Waals surface area (Å²) < 4.78 is 0. The molecule has 1 saturated carbocycles. The third kappa shape index (κ3) is 0.736. The second kappa shape index (κ2) is 2.25. The second-order valence-corrected chi connectivity index (χ2v) is 5.29. The van der Waals surface area contributed by atoms with Gasteiger partial charge in [0.2, 0.25) is 0 Å². The van der Waals surface area contributed by atoms with E-state index in [1.165, 1.54) is 25.9 Å². The standard InChI is InChI=1S/C11H19N/c1-7-3-4-10-11(7)9-6-12(10)5-8(9)2/h7-11H,3-6H2,1-2H3. The number of rotatable bonds is 0. The van der Waals surface area contributed by atoms with Gasteiger partial charge in [-0.1, -0.05) is 13.8 Å². The van der Waals surface area contributed by atoms with Crippen LogP contribution in [0, 0.1) is 23.7 Å². The van der Waals surface area contributed by atoms with Crippen molar-refractivity contribution in [3.63, 3.8) is 0 Å². The van der Waals surface area contributed by atoms with Gasteiger partial charge in [0.05, 0.1) is 0 Å². The van der Waals surface area contributed by atoms with E-state index in [-0.39, 0.29) is 0 Å². The minimum atomic E-state index is 0.992. The minimum Gasteiger partial charge on any atom is -0.300 e. The van der Waals surface area contributed by atoms with Crippen molar-refractivity contribution in [2.75, 3.05) is 13.1 Å². The smallest absolute Gasteiger partial charge is 0.0130 e. The second-order valence-electron chi connectivity index (χ2n) is 5.29. The summed E-state index contributed by atoms with van der Waals surface area (Å²) in [6.07, 6.45) is 2.99. The lowest BCUT2D eigenvalue weighted by Gasteiger charge is -2.32. The number of fused-ring (bicyclic) bond motifs is 5. The molecular weight excluding hydrogens is 146 g/mol. The van der Waals surface area contributed by atoms with Gasteiger partial charge in [0.15, 0.2) is 0 Å². The topological polar surface area (TPSA) is 3.24 Å². The fourth-order valence-corrected chi connectivity index (χ4v) is 4.13. The molecule has 6 atom stereocenters. The summed E-state index contributed by atoms with van der Waals surface area (Å²) in [5, 5.41) is 0. The van der Waals surface area contributed by atoms with Crippen molar-refractivity contribution in [2.45, 2.75) is 32.7 Å². The molecule has 12 heavy (non-hydrogen) atoms. The number of nitrogens with zero attached hydrogens (tertiary/aromatic N) is 1. The maximum atomic E-state index is 2.77. The van der Waals surface area contributed by atoms with E-state index < -0.39 is 0 Å². The largest absolute Gasteiger partial charge is 0.300 e. The predicted molar refractivity (Wildman–Crippen MR) is 49.9 cm³/mol. The third-order valence-corrected chi connectivity index (χ3v) is 4.68. The Kier molecular flexibility index (Phi) is 1.39. The van der Waals surface area contributed by atoms with Gasteiger partial charge in [0.1, 0.15) is 0 Å². The molecule has 0 N–H and O–H groups in total. The van der Waals surface area contributed by atoms with Gasteiger partial charge in [-0.25, -0.2) is 0 Å². The molecule has 1 heteroatoms. The van der Waals surface area contributed by atoms with Crippen molar-refractivity contribution in [1.82, 2.24) is 4.90 Å². The zero-order chi connectivity index (χ0) is 8.29. The molecule has 0 aromatic rings. The molecule has 0 spiro atoms. The zero-order valence-electron chi connectivity index (χ0n) is 8.16. The highest BCUT2D eigenvalue weighted by Gasteiger charge is 2.53. The zero-order valence-corrected chi connectivity index (χ0v) is 8.16. The Balaban J connectivity index is 1.90. The Morgan fingerprint density at radius 1 is 1.00 bits per heavy atom. The van der Waals surface area contributed by atoms with Crippen molar-refractivity contribution < 1.29 is 0 Å². The van der Waals surface area contributed by atoms with Crippen molar-refractivity contribution in [3.05, 3.63) is 0 Å². The maximum absolute atomic E-state index is 2.77. The quantitative estimate of drug-likeness (QED) is 0.530. The Morgan fingerprint density at radius 3 is 2.67 bits per heavy atom. The summed E-state index contributed by atoms with van der Waals surface area (Å²) in [6.45, 7) is 7.75. The first-order valence-corrected chi connectivity index (χ1v) is 5.51. The highest BCUT2D eigenvalue weighted by molar-refractivity contribution is 5.05. The fourth-order valence-electron chi connectivity index (χ4n) is 4.13. The molecule has 2 heterocycles. The molecule has 0 aromatic heterocycles. The maximum Gasteiger partial charge on any atom is 0.0130 e. The molecule has 2 aliphatic heterocycles. The Bertz CT molecular complexity index is 201. The van der Waals surface area contributed by atoms with Gasteiger partial charge in [0.25, 0.3) is 0 Å². The first kappa shape index (κ1) is 7.37. The van der Waals surface area contributed by atoms with Gasteiger partial charge < -0.3 is 0 Å². The van der Waals surface area contributed by atoms with Crippen LogP contribution in [0.15, 0.2) is 0 Å². The number of hydrogen-bond acceptors (Lipinski definition) is 1. The normalized spacial score (nSPS) is 62.5. The number of hydrogen-bond donors (Lipinski definition) is 0. The van der Waals surface area contributed by atoms with Crippen LogP contribution in [0.25, 0.3) is 0 Å². The molecular formula is C11H19N. The number of piperidine rings is 1. The Morgan fingerprint density at radius 2 is 1.83 bits per heavy atom. The van der Waals surface area contributed by atoms with Crippen LogP contribution in [-0.2, 0) is 0 Å². The minimum absolute atomic E-state index is 0.992. The fraction of sp³-hybridized carbons (Fsp3) is 1.00. The molecule has 2 saturated heterocycles. The molecule has 1 nitrogen and oxygen atoms in total. The summed E-state index contributed by atoms with van der Waals surface area (Å²) in [6, 6.07) is 1.00. The van der Waals surface area contributed by atoms with Crippen molar-refractivity contribution in [3.8, 4) is 0 Å². The lowest BCUT2D eigenvalue weighted by Crippen LogP contribution is -2.37. The average molecular weight is 165 g/mol. The summed E-state index contributed by atoms with van der Waals surface area (Å²) in [5.74, 6) is 4.15. The van der Waals surface area contributed by atoms with Gasteiger partial charge in [-0.2, -0.15) is 0 Å². The van der Waals surface area contributed by atoms with E-state index in [0.29, 0.717) is 0 Å². The molecule has 6 unspecified atom stereocenters. The van der Waals surface area contributed by atoms with Crippen LogP contribution < -0.4 is 0 Å². The van der Waals surface area contributed by atoms with E-state index in [1.807, 2.05) is 0 Å². The molecule has 3 rings (SSSR count). The summed E-state index contributed by atoms with van der Waals surface area (Å²) >= 11 is 0. The van der Waals surface area contributed by atoms with E-state index in [9.17, 15) is 0 Å². The molecule has 68 valence electrons. The first-order chi connectivity index (χ1) is 5.77. The first-order valence-electron chi connectivity index (χ1n) is 5.51. The lowest BCUT2D eigenvalue weighted by molar-refractivity contribution is 0.164. The van der Waals surface area contributed by atoms with Crippen molar-refractivity contribution in [1.29, 1.82) is 0 Å². The van der Waals surface area contributed by atoms with Gasteiger partial charge in [-0.3, -0.25) is 4.90 Å². The van der Waals surface area contributed by atoms with Crippen molar-refractivity contribution >= 4 is 0 Å². The molecule has 2 bridgehead atoms. The highest BCUT2D eigenvalue weighted by Crippen LogP contribution is 2.51. The van der Waals surface area contributed by atoms with Crippen LogP contribution in [0.4, 0.5) is 0 Å². The monoisotopic (exact) mass is 165 g/mol. The van der Waals surface area contributed by atoms with Crippen LogP contribution in [0.5, 0.6) is 0 Å². The molecule has 3 aliphatic rings. The van der Waals surface area contributed by atoms with E-state index in [0.717, 1.165) is 29.7 Å². The van der Waals surface area contributed by atoms with Crippen LogP contribution in [-0.4, -0.2) is 24.0 Å². The van der Waals surface area contributed by atoms with E-state index in [1.54, 1.807) is 0 Å². The molecule has 1 aliphatic carbocycles. The van der Waals surface area contributed by atoms with Crippen LogP contribution in [0.1, 0.15) is 26.7 Å². The average Bonchev–Trinajstić information content (AvgIpc) is 2.62. The third-order valence-electron chi connectivity index (χ3n) is 4.68. The predicted octanol–water partition coefficient (Wildman–Crippen LogP) is 1.98. The SMILES string of the molecule is CC1CN2CC1C1C(C)CCC12. The Labute approximate surface area is 75.1 Å². The van der Waals surface area contributed by atoms with Crippen LogP contribution in [0.2, 0.25) is 0 Å². The molecule has 0 radical (unpaired) electrons. The molecule has 3 fully saturated rings. The van der Waals surface area contributed by atoms with E-state index in [2.05, 4.69) is 18.7 Å². The lowest BCUT2D eigenvalue weighted by atomic mass is 9.78. The van der Waals surface area contributed by atoms with Gasteiger partial charge in [-0.05, 0) is 36.5 Å². The van der Waals surface area contributed by atoms with Crippen LogP contribution >= 0.6 is 0 Å². The van der Waals surface area contributed by atoms with Crippen molar-refractivity contribution in [2.24, 2.45) is 23.7 Å². The Hall–Kier alpha value is -0.0400. The van der Waals surface area contributed by atoms with Gasteiger partial charge >= 0.3 is 0 Å². The van der Waals surface area contributed by atoms with E-state index >= 15 is 0 Å². The summed E-state index contributed by atoms with van der Waals surface area (Å²) in [5.41, 5.74) is 0. The summed E-state index contributed by atoms with van der Waals surface area (Å²) in [7, 11) is 0. The highest BCUT2D eigenvalue weighted by atomic mass is 15.2. The summed E-state index contributed by atoms with van der Waals surface area (Å²) in [4.78, 5) is 2.77. The molecule has 0 aromatic carbocycles.